The largest absolute Gasteiger partial charge is 0.501 e. The molecule has 1 fully saturated rings. The molecule has 0 N–H and O–H groups in total. The summed E-state index contributed by atoms with van der Waals surface area (Å²) < 4.78 is 13.1. The fraction of sp³-hybridized carbons (Fsp3) is 0.833. The molecule has 1 saturated heterocycles. The van der Waals surface area contributed by atoms with Gasteiger partial charge in [0.25, 0.3) is 0 Å². The van der Waals surface area contributed by atoms with E-state index in [1.54, 1.807) is 0 Å². The number of hydrogen-bond donors (Lipinski definition) is 0. The van der Waals surface area contributed by atoms with Crippen LogP contribution in [0.3, 0.4) is 0 Å². The zero-order valence-corrected chi connectivity index (χ0v) is 13.5. The Labute approximate surface area is 113 Å². The van der Waals surface area contributed by atoms with Crippen LogP contribution in [0.5, 0.6) is 0 Å². The summed E-state index contributed by atoms with van der Waals surface area (Å²) in [5.74, 6) is 0. The second kappa shape index (κ2) is 4.28. The van der Waals surface area contributed by atoms with Crippen molar-refractivity contribution in [2.45, 2.75) is 59.7 Å². The molecule has 92 valence electrons. The minimum Gasteiger partial charge on any atom is -0.399 e. The van der Waals surface area contributed by atoms with Crippen molar-refractivity contribution >= 4 is 29.7 Å². The summed E-state index contributed by atoms with van der Waals surface area (Å²) in [5.41, 5.74) is -0.347. The SMILES string of the molecule is CC(C)(C)C=C(I)B1OC(C)(C)C(C)(C)O1. The van der Waals surface area contributed by atoms with Crippen molar-refractivity contribution in [2.24, 2.45) is 5.41 Å². The molecule has 0 spiro atoms. The number of halogens is 1. The first-order valence-corrected chi connectivity index (χ1v) is 6.76. The molecule has 1 aliphatic rings. The van der Waals surface area contributed by atoms with Crippen molar-refractivity contribution in [1.29, 1.82) is 0 Å². The Morgan fingerprint density at radius 3 is 1.75 bits per heavy atom. The van der Waals surface area contributed by atoms with Crippen LogP contribution < -0.4 is 0 Å². The zero-order valence-electron chi connectivity index (χ0n) is 11.3. The van der Waals surface area contributed by atoms with E-state index in [9.17, 15) is 0 Å². The Morgan fingerprint density at radius 1 is 1.06 bits per heavy atom. The third kappa shape index (κ3) is 3.23. The molecule has 0 saturated carbocycles. The molecule has 0 aromatic heterocycles. The molecule has 4 heteroatoms. The Bertz CT molecular complexity index is 287. The van der Waals surface area contributed by atoms with Gasteiger partial charge in [-0.2, -0.15) is 0 Å². The first-order valence-electron chi connectivity index (χ1n) is 5.68. The number of rotatable bonds is 1. The lowest BCUT2D eigenvalue weighted by Crippen LogP contribution is -2.41. The van der Waals surface area contributed by atoms with Gasteiger partial charge in [0.1, 0.15) is 0 Å². The van der Waals surface area contributed by atoms with Crippen molar-refractivity contribution in [1.82, 2.24) is 0 Å². The maximum absolute atomic E-state index is 5.97. The second-order valence-electron chi connectivity index (χ2n) is 6.48. The third-order valence-corrected chi connectivity index (χ3v) is 3.87. The van der Waals surface area contributed by atoms with Crippen LogP contribution in [0.25, 0.3) is 0 Å². The highest BCUT2D eigenvalue weighted by Gasteiger charge is 2.52. The Hall–Kier alpha value is 0.455. The van der Waals surface area contributed by atoms with E-state index in [1.165, 1.54) is 0 Å². The highest BCUT2D eigenvalue weighted by atomic mass is 127. The quantitative estimate of drug-likeness (QED) is 0.533. The molecule has 1 heterocycles. The van der Waals surface area contributed by atoms with E-state index in [1.807, 2.05) is 0 Å². The van der Waals surface area contributed by atoms with Crippen LogP contribution in [0.2, 0.25) is 0 Å². The summed E-state index contributed by atoms with van der Waals surface area (Å²) in [6.45, 7) is 14.8. The molecule has 0 unspecified atom stereocenters. The first-order chi connectivity index (χ1) is 6.95. The first kappa shape index (κ1) is 14.5. The van der Waals surface area contributed by atoms with Crippen molar-refractivity contribution in [3.8, 4) is 0 Å². The minimum absolute atomic E-state index is 0.153. The maximum atomic E-state index is 5.97. The molecule has 0 aromatic carbocycles. The van der Waals surface area contributed by atoms with Gasteiger partial charge in [-0.1, -0.05) is 49.4 Å². The van der Waals surface area contributed by atoms with E-state index in [-0.39, 0.29) is 23.7 Å². The molecular formula is C12H22BIO2. The van der Waals surface area contributed by atoms with Gasteiger partial charge in [0.2, 0.25) is 0 Å². The summed E-state index contributed by atoms with van der Waals surface area (Å²) in [4.78, 5) is 0. The van der Waals surface area contributed by atoms with Crippen LogP contribution in [0, 0.1) is 5.41 Å². The number of allylic oxidation sites excluding steroid dienone is 1. The maximum Gasteiger partial charge on any atom is 0.501 e. The Balaban J connectivity index is 2.85. The van der Waals surface area contributed by atoms with Gasteiger partial charge in [-0.25, -0.2) is 0 Å². The molecular weight excluding hydrogens is 314 g/mol. The fourth-order valence-electron chi connectivity index (χ4n) is 1.44. The van der Waals surface area contributed by atoms with Crippen molar-refractivity contribution < 1.29 is 9.31 Å². The molecule has 0 aromatic rings. The van der Waals surface area contributed by atoms with E-state index in [0.29, 0.717) is 0 Å². The molecule has 1 aliphatic heterocycles. The van der Waals surface area contributed by atoms with Crippen LogP contribution in [-0.2, 0) is 9.31 Å². The van der Waals surface area contributed by atoms with E-state index in [2.05, 4.69) is 77.1 Å². The van der Waals surface area contributed by atoms with Gasteiger partial charge in [-0.05, 0) is 33.1 Å². The van der Waals surface area contributed by atoms with Crippen LogP contribution in [0.15, 0.2) is 9.56 Å². The highest BCUT2D eigenvalue weighted by molar-refractivity contribution is 14.1. The lowest BCUT2D eigenvalue weighted by atomic mass is 9.84. The van der Waals surface area contributed by atoms with Gasteiger partial charge in [0.15, 0.2) is 0 Å². The fourth-order valence-corrected chi connectivity index (χ4v) is 2.63. The van der Waals surface area contributed by atoms with Crippen molar-refractivity contribution in [2.75, 3.05) is 0 Å². The molecule has 0 radical (unpaired) electrons. The topological polar surface area (TPSA) is 18.5 Å². The van der Waals surface area contributed by atoms with Gasteiger partial charge >= 0.3 is 7.12 Å². The average molecular weight is 336 g/mol. The van der Waals surface area contributed by atoms with Crippen LogP contribution in [0.1, 0.15) is 48.5 Å². The van der Waals surface area contributed by atoms with Crippen LogP contribution in [-0.4, -0.2) is 18.3 Å². The van der Waals surface area contributed by atoms with Crippen molar-refractivity contribution in [3.05, 3.63) is 9.56 Å². The van der Waals surface area contributed by atoms with Crippen LogP contribution in [0.4, 0.5) is 0 Å². The van der Waals surface area contributed by atoms with Gasteiger partial charge in [0, 0.05) is 3.48 Å². The lowest BCUT2D eigenvalue weighted by molar-refractivity contribution is 0.00578. The molecule has 0 amide bonds. The van der Waals surface area contributed by atoms with Gasteiger partial charge in [0.05, 0.1) is 11.2 Å². The predicted octanol–water partition coefficient (Wildman–Crippen LogP) is 3.98. The van der Waals surface area contributed by atoms with E-state index < -0.39 is 0 Å². The van der Waals surface area contributed by atoms with Crippen molar-refractivity contribution in [3.63, 3.8) is 0 Å². The third-order valence-electron chi connectivity index (χ3n) is 3.05. The van der Waals surface area contributed by atoms with E-state index >= 15 is 0 Å². The number of hydrogen-bond acceptors (Lipinski definition) is 2. The lowest BCUT2D eigenvalue weighted by Gasteiger charge is -2.32. The molecule has 16 heavy (non-hydrogen) atoms. The summed E-state index contributed by atoms with van der Waals surface area (Å²) in [6, 6.07) is 0. The Morgan fingerprint density at radius 2 is 1.44 bits per heavy atom. The highest BCUT2D eigenvalue weighted by Crippen LogP contribution is 2.40. The molecule has 1 rings (SSSR count). The normalized spacial score (nSPS) is 25.0. The average Bonchev–Trinajstić information content (AvgIpc) is 2.17. The second-order valence-corrected chi connectivity index (χ2v) is 7.73. The minimum atomic E-state index is -0.250. The standard InChI is InChI=1S/C12H22BIO2/c1-10(2,3)8-9(14)13-15-11(4,5)12(6,7)16-13/h8H,1-7H3. The summed E-state index contributed by atoms with van der Waals surface area (Å²) >= 11 is 2.31. The van der Waals surface area contributed by atoms with Crippen LogP contribution >= 0.6 is 22.6 Å². The molecule has 0 bridgehead atoms. The summed E-state index contributed by atoms with van der Waals surface area (Å²) in [5, 5.41) is 0. The predicted molar refractivity (Wildman–Crippen MR) is 77.6 cm³/mol. The van der Waals surface area contributed by atoms with E-state index in [4.69, 9.17) is 9.31 Å². The van der Waals surface area contributed by atoms with Gasteiger partial charge < -0.3 is 9.31 Å². The summed E-state index contributed by atoms with van der Waals surface area (Å²) in [7, 11) is -0.218. The van der Waals surface area contributed by atoms with E-state index in [0.717, 1.165) is 3.48 Å². The smallest absolute Gasteiger partial charge is 0.399 e. The molecule has 2 nitrogen and oxygen atoms in total. The Kier molecular flexibility index (Phi) is 3.89. The molecule has 0 atom stereocenters. The van der Waals surface area contributed by atoms with Gasteiger partial charge in [-0.3, -0.25) is 0 Å². The monoisotopic (exact) mass is 336 g/mol. The zero-order chi connectivity index (χ0) is 12.8. The molecule has 0 aliphatic carbocycles. The summed E-state index contributed by atoms with van der Waals surface area (Å²) in [6.07, 6.45) is 2.20. The van der Waals surface area contributed by atoms with Gasteiger partial charge in [-0.15, -0.1) is 0 Å².